The molecule has 0 saturated carbocycles. The Morgan fingerprint density at radius 3 is 2.73 bits per heavy atom. The summed E-state index contributed by atoms with van der Waals surface area (Å²) >= 11 is 3.46. The molecule has 0 saturated heterocycles. The van der Waals surface area contributed by atoms with Gasteiger partial charge in [-0.1, -0.05) is 29.3 Å². The molecule has 3 heteroatoms. The summed E-state index contributed by atoms with van der Waals surface area (Å²) in [5.74, 6) is 0.871. The molecular formula is C12H18BrNO. The van der Waals surface area contributed by atoms with E-state index in [9.17, 15) is 0 Å². The number of rotatable bonds is 5. The maximum atomic E-state index is 5.21. The van der Waals surface area contributed by atoms with E-state index in [1.54, 1.807) is 7.11 Å². The van der Waals surface area contributed by atoms with Crippen LogP contribution in [-0.4, -0.2) is 13.2 Å². The molecule has 0 aliphatic rings. The first kappa shape index (κ1) is 12.4. The molecule has 84 valence electrons. The summed E-state index contributed by atoms with van der Waals surface area (Å²) in [7, 11) is 1.68. The lowest BCUT2D eigenvalue weighted by Crippen LogP contribution is -2.14. The number of benzene rings is 1. The van der Waals surface area contributed by atoms with E-state index in [-0.39, 0.29) is 0 Å². The van der Waals surface area contributed by atoms with E-state index in [2.05, 4.69) is 41.2 Å². The molecule has 0 fully saturated rings. The van der Waals surface area contributed by atoms with Crippen LogP contribution in [0.5, 0.6) is 5.75 Å². The first-order valence-corrected chi connectivity index (χ1v) is 6.06. The summed E-state index contributed by atoms with van der Waals surface area (Å²) in [4.78, 5) is 0. The molecule has 1 atom stereocenters. The molecule has 0 bridgehead atoms. The fourth-order valence-corrected chi connectivity index (χ4v) is 2.03. The minimum absolute atomic E-state index is 0.494. The Balaban J connectivity index is 2.71. The average molecular weight is 272 g/mol. The van der Waals surface area contributed by atoms with Gasteiger partial charge < -0.3 is 10.1 Å². The van der Waals surface area contributed by atoms with Gasteiger partial charge in [-0.3, -0.25) is 0 Å². The van der Waals surface area contributed by atoms with Crippen LogP contribution in [0, 0.1) is 0 Å². The highest BCUT2D eigenvalue weighted by molar-refractivity contribution is 9.10. The van der Waals surface area contributed by atoms with E-state index in [1.807, 2.05) is 12.1 Å². The fraction of sp³-hybridized carbons (Fsp3) is 0.500. The van der Waals surface area contributed by atoms with Crippen LogP contribution in [0.2, 0.25) is 0 Å². The zero-order valence-corrected chi connectivity index (χ0v) is 11.1. The molecule has 1 aromatic rings. The highest BCUT2D eigenvalue weighted by atomic mass is 79.9. The lowest BCUT2D eigenvalue weighted by atomic mass is 10.2. The van der Waals surface area contributed by atoms with Crippen LogP contribution in [0.15, 0.2) is 22.7 Å². The van der Waals surface area contributed by atoms with Crippen molar-refractivity contribution in [1.82, 2.24) is 0 Å². The fourth-order valence-electron chi connectivity index (χ4n) is 1.55. The van der Waals surface area contributed by atoms with E-state index < -0.39 is 0 Å². The summed E-state index contributed by atoms with van der Waals surface area (Å²) in [5.41, 5.74) is 1.10. The van der Waals surface area contributed by atoms with Crippen molar-refractivity contribution < 1.29 is 4.74 Å². The van der Waals surface area contributed by atoms with E-state index in [0.717, 1.165) is 15.9 Å². The van der Waals surface area contributed by atoms with E-state index in [0.29, 0.717) is 6.04 Å². The largest absolute Gasteiger partial charge is 0.497 e. The molecule has 0 aliphatic heterocycles. The topological polar surface area (TPSA) is 21.3 Å². The summed E-state index contributed by atoms with van der Waals surface area (Å²) in [6.45, 7) is 4.39. The number of nitrogens with one attached hydrogen (secondary N) is 1. The zero-order valence-electron chi connectivity index (χ0n) is 9.51. The normalized spacial score (nSPS) is 12.3. The Morgan fingerprint density at radius 2 is 2.13 bits per heavy atom. The quantitative estimate of drug-likeness (QED) is 0.872. The minimum atomic E-state index is 0.494. The SMILES string of the molecule is CCCC(C)Nc1cc(Br)cc(OC)c1. The van der Waals surface area contributed by atoms with Crippen molar-refractivity contribution >= 4 is 21.6 Å². The van der Waals surface area contributed by atoms with Crippen LogP contribution >= 0.6 is 15.9 Å². The second-order valence-electron chi connectivity index (χ2n) is 3.71. The smallest absolute Gasteiger partial charge is 0.122 e. The van der Waals surface area contributed by atoms with Gasteiger partial charge in [-0.25, -0.2) is 0 Å². The third-order valence-electron chi connectivity index (χ3n) is 2.24. The van der Waals surface area contributed by atoms with Crippen LogP contribution in [-0.2, 0) is 0 Å². The molecule has 1 unspecified atom stereocenters. The number of ether oxygens (including phenoxy) is 1. The van der Waals surface area contributed by atoms with Gasteiger partial charge in [0.1, 0.15) is 5.75 Å². The highest BCUT2D eigenvalue weighted by Gasteiger charge is 2.03. The van der Waals surface area contributed by atoms with Gasteiger partial charge in [-0.2, -0.15) is 0 Å². The molecule has 0 heterocycles. The Labute approximate surface area is 100 Å². The van der Waals surface area contributed by atoms with Gasteiger partial charge in [-0.05, 0) is 25.5 Å². The van der Waals surface area contributed by atoms with Crippen molar-refractivity contribution in [2.24, 2.45) is 0 Å². The van der Waals surface area contributed by atoms with Gasteiger partial charge in [0, 0.05) is 22.3 Å². The predicted molar refractivity (Wildman–Crippen MR) is 68.7 cm³/mol. The van der Waals surface area contributed by atoms with E-state index in [4.69, 9.17) is 4.74 Å². The monoisotopic (exact) mass is 271 g/mol. The first-order chi connectivity index (χ1) is 7.15. The standard InChI is InChI=1S/C12H18BrNO/c1-4-5-9(2)14-11-6-10(13)7-12(8-11)15-3/h6-9,14H,4-5H2,1-3H3. The van der Waals surface area contributed by atoms with Crippen molar-refractivity contribution in [3.63, 3.8) is 0 Å². The number of hydrogen-bond acceptors (Lipinski definition) is 2. The van der Waals surface area contributed by atoms with E-state index >= 15 is 0 Å². The van der Waals surface area contributed by atoms with Gasteiger partial charge >= 0.3 is 0 Å². The van der Waals surface area contributed by atoms with Gasteiger partial charge in [-0.15, -0.1) is 0 Å². The summed E-state index contributed by atoms with van der Waals surface area (Å²) in [6.07, 6.45) is 2.37. The molecule has 1 aromatic carbocycles. The second kappa shape index (κ2) is 6.01. The molecule has 0 aliphatic carbocycles. The van der Waals surface area contributed by atoms with Gasteiger partial charge in [0.2, 0.25) is 0 Å². The van der Waals surface area contributed by atoms with Crippen molar-refractivity contribution in [3.8, 4) is 5.75 Å². The number of halogens is 1. The van der Waals surface area contributed by atoms with Crippen molar-refractivity contribution in [2.45, 2.75) is 32.7 Å². The lowest BCUT2D eigenvalue weighted by molar-refractivity contribution is 0.414. The lowest BCUT2D eigenvalue weighted by Gasteiger charge is -2.15. The molecule has 0 amide bonds. The van der Waals surface area contributed by atoms with Crippen LogP contribution in [0.4, 0.5) is 5.69 Å². The van der Waals surface area contributed by atoms with Gasteiger partial charge in [0.05, 0.1) is 7.11 Å². The minimum Gasteiger partial charge on any atom is -0.497 e. The Kier molecular flexibility index (Phi) is 4.95. The molecule has 1 N–H and O–H groups in total. The maximum absolute atomic E-state index is 5.21. The van der Waals surface area contributed by atoms with Gasteiger partial charge in [0.15, 0.2) is 0 Å². The summed E-state index contributed by atoms with van der Waals surface area (Å²) < 4.78 is 6.24. The molecule has 1 rings (SSSR count). The summed E-state index contributed by atoms with van der Waals surface area (Å²) in [6, 6.07) is 6.52. The van der Waals surface area contributed by atoms with E-state index in [1.165, 1.54) is 12.8 Å². The number of hydrogen-bond donors (Lipinski definition) is 1. The van der Waals surface area contributed by atoms with Crippen molar-refractivity contribution in [1.29, 1.82) is 0 Å². The van der Waals surface area contributed by atoms with Gasteiger partial charge in [0.25, 0.3) is 0 Å². The number of methoxy groups -OCH3 is 1. The molecule has 0 spiro atoms. The molecule has 2 nitrogen and oxygen atoms in total. The first-order valence-electron chi connectivity index (χ1n) is 5.26. The summed E-state index contributed by atoms with van der Waals surface area (Å²) in [5, 5.41) is 3.45. The molecular weight excluding hydrogens is 254 g/mol. The maximum Gasteiger partial charge on any atom is 0.122 e. The Morgan fingerprint density at radius 1 is 1.40 bits per heavy atom. The number of anilines is 1. The van der Waals surface area contributed by atoms with Crippen LogP contribution in [0.25, 0.3) is 0 Å². The van der Waals surface area contributed by atoms with Crippen molar-refractivity contribution in [2.75, 3.05) is 12.4 Å². The Bertz CT molecular complexity index is 314. The third-order valence-corrected chi connectivity index (χ3v) is 2.70. The zero-order chi connectivity index (χ0) is 11.3. The van der Waals surface area contributed by atoms with Crippen LogP contribution in [0.3, 0.4) is 0 Å². The Hall–Kier alpha value is -0.700. The highest BCUT2D eigenvalue weighted by Crippen LogP contribution is 2.25. The van der Waals surface area contributed by atoms with Crippen LogP contribution in [0.1, 0.15) is 26.7 Å². The molecule has 0 radical (unpaired) electrons. The average Bonchev–Trinajstić information content (AvgIpc) is 2.17. The molecule has 0 aromatic heterocycles. The van der Waals surface area contributed by atoms with Crippen molar-refractivity contribution in [3.05, 3.63) is 22.7 Å². The third kappa shape index (κ3) is 4.12. The molecule has 15 heavy (non-hydrogen) atoms. The second-order valence-corrected chi connectivity index (χ2v) is 4.63. The van der Waals surface area contributed by atoms with Crippen LogP contribution < -0.4 is 10.1 Å². The predicted octanol–water partition coefficient (Wildman–Crippen LogP) is 4.06.